The predicted molar refractivity (Wildman–Crippen MR) is 98.4 cm³/mol. The van der Waals surface area contributed by atoms with Crippen molar-refractivity contribution in [3.05, 3.63) is 54.2 Å². The summed E-state index contributed by atoms with van der Waals surface area (Å²) >= 11 is 0. The summed E-state index contributed by atoms with van der Waals surface area (Å²) in [5.41, 5.74) is 1.26. The second-order valence-electron chi connectivity index (χ2n) is 5.43. The number of nitrogens with one attached hydrogen (secondary N) is 1. The molecule has 0 saturated heterocycles. The number of fused-ring (bicyclic) bond motifs is 1. The number of carbonyl (C=O) groups is 1. The van der Waals surface area contributed by atoms with Crippen LogP contribution in [0, 0.1) is 0 Å². The lowest BCUT2D eigenvalue weighted by atomic mass is 10.1. The average Bonchev–Trinajstić information content (AvgIpc) is 3.11. The molecule has 3 rings (SSSR count). The van der Waals surface area contributed by atoms with Crippen molar-refractivity contribution in [1.82, 2.24) is 0 Å². The quantitative estimate of drug-likeness (QED) is 0.570. The van der Waals surface area contributed by atoms with E-state index in [1.807, 2.05) is 32.0 Å². The summed E-state index contributed by atoms with van der Waals surface area (Å²) in [4.78, 5) is 12.3. The molecule has 0 aromatic heterocycles. The summed E-state index contributed by atoms with van der Waals surface area (Å²) in [6, 6.07) is 10.6. The van der Waals surface area contributed by atoms with Gasteiger partial charge >= 0.3 is 0 Å². The molecule has 26 heavy (non-hydrogen) atoms. The number of carbonyl (C=O) groups excluding carboxylic acids is 1. The molecule has 6 heteroatoms. The van der Waals surface area contributed by atoms with Crippen molar-refractivity contribution in [3.8, 4) is 23.0 Å². The van der Waals surface area contributed by atoms with Crippen molar-refractivity contribution in [2.24, 2.45) is 0 Å². The number of anilines is 1. The topological polar surface area (TPSA) is 66.0 Å². The first-order chi connectivity index (χ1) is 12.7. The molecule has 0 saturated carbocycles. The van der Waals surface area contributed by atoms with Gasteiger partial charge in [0.2, 0.25) is 6.79 Å². The molecular weight excluding hydrogens is 334 g/mol. The molecule has 1 heterocycles. The number of ether oxygens (including phenoxy) is 4. The minimum absolute atomic E-state index is 0.144. The van der Waals surface area contributed by atoms with Crippen LogP contribution >= 0.6 is 0 Å². The fraction of sp³-hybridized carbons (Fsp3) is 0.250. The minimum atomic E-state index is -0.144. The highest BCUT2D eigenvalue weighted by molar-refractivity contribution is 6.05. The van der Waals surface area contributed by atoms with Gasteiger partial charge in [0.05, 0.1) is 18.9 Å². The maximum Gasteiger partial charge on any atom is 0.231 e. The molecule has 0 radical (unpaired) electrons. The van der Waals surface area contributed by atoms with E-state index in [0.29, 0.717) is 36.0 Å². The van der Waals surface area contributed by atoms with Crippen LogP contribution in [0.4, 0.5) is 5.69 Å². The van der Waals surface area contributed by atoms with Crippen molar-refractivity contribution in [2.75, 3.05) is 25.3 Å². The van der Waals surface area contributed by atoms with E-state index in [4.69, 9.17) is 18.9 Å². The van der Waals surface area contributed by atoms with Crippen LogP contribution in [-0.2, 0) is 0 Å². The Morgan fingerprint density at radius 3 is 2.69 bits per heavy atom. The third-order valence-corrected chi connectivity index (χ3v) is 3.69. The Bertz CT molecular complexity index is 816. The normalized spacial score (nSPS) is 12.2. The highest BCUT2D eigenvalue weighted by atomic mass is 16.7. The summed E-state index contributed by atoms with van der Waals surface area (Å²) < 4.78 is 21.6. The Kier molecular flexibility index (Phi) is 5.63. The third kappa shape index (κ3) is 4.08. The first-order valence-electron chi connectivity index (χ1n) is 8.48. The van der Waals surface area contributed by atoms with Crippen LogP contribution in [0.1, 0.15) is 24.2 Å². The molecule has 1 aliphatic heterocycles. The number of benzene rings is 2. The van der Waals surface area contributed by atoms with Crippen LogP contribution < -0.4 is 24.3 Å². The van der Waals surface area contributed by atoms with Crippen molar-refractivity contribution in [1.29, 1.82) is 0 Å². The zero-order valence-electron chi connectivity index (χ0n) is 14.8. The van der Waals surface area contributed by atoms with Gasteiger partial charge in [0, 0.05) is 23.9 Å². The van der Waals surface area contributed by atoms with Gasteiger partial charge in [-0.1, -0.05) is 0 Å². The molecule has 0 bridgehead atoms. The van der Waals surface area contributed by atoms with E-state index in [2.05, 4.69) is 5.32 Å². The molecule has 0 fully saturated rings. The SMILES string of the molecule is CCOc1ccc(OCC)c(N/C=C/C(=O)c2ccc3c(c2)OCO3)c1. The number of allylic oxidation sites excluding steroid dienone is 1. The summed E-state index contributed by atoms with van der Waals surface area (Å²) in [7, 11) is 0. The van der Waals surface area contributed by atoms with Gasteiger partial charge < -0.3 is 24.3 Å². The molecule has 2 aromatic rings. The maximum atomic E-state index is 12.3. The highest BCUT2D eigenvalue weighted by Gasteiger charge is 2.15. The monoisotopic (exact) mass is 355 g/mol. The lowest BCUT2D eigenvalue weighted by Gasteiger charge is -2.12. The second-order valence-corrected chi connectivity index (χ2v) is 5.43. The smallest absolute Gasteiger partial charge is 0.231 e. The zero-order valence-corrected chi connectivity index (χ0v) is 14.8. The van der Waals surface area contributed by atoms with E-state index < -0.39 is 0 Å². The van der Waals surface area contributed by atoms with E-state index in [-0.39, 0.29) is 12.6 Å². The van der Waals surface area contributed by atoms with Crippen molar-refractivity contribution < 1.29 is 23.7 Å². The van der Waals surface area contributed by atoms with Gasteiger partial charge in [0.1, 0.15) is 11.5 Å². The largest absolute Gasteiger partial charge is 0.494 e. The molecule has 0 aliphatic carbocycles. The maximum absolute atomic E-state index is 12.3. The number of hydrogen-bond donors (Lipinski definition) is 1. The van der Waals surface area contributed by atoms with Crippen LogP contribution in [0.3, 0.4) is 0 Å². The van der Waals surface area contributed by atoms with E-state index in [0.717, 1.165) is 11.4 Å². The fourth-order valence-electron chi connectivity index (χ4n) is 2.51. The molecule has 0 amide bonds. The molecular formula is C20H21NO5. The van der Waals surface area contributed by atoms with E-state index in [9.17, 15) is 4.79 Å². The molecule has 1 aliphatic rings. The standard InChI is InChI=1S/C20H21NO5/c1-3-23-15-6-8-18(24-4-2)16(12-15)21-10-9-17(22)14-5-7-19-20(11-14)26-13-25-19/h5-12,21H,3-4,13H2,1-2H3/b10-9+. The molecule has 0 spiro atoms. The lowest BCUT2D eigenvalue weighted by Crippen LogP contribution is -2.00. The summed E-state index contributed by atoms with van der Waals surface area (Å²) in [5.74, 6) is 2.51. The molecule has 136 valence electrons. The number of ketones is 1. The summed E-state index contributed by atoms with van der Waals surface area (Å²) in [6.45, 7) is 5.14. The lowest BCUT2D eigenvalue weighted by molar-refractivity contribution is 0.104. The Hall–Kier alpha value is -3.15. The number of rotatable bonds is 8. The Morgan fingerprint density at radius 1 is 1.08 bits per heavy atom. The first-order valence-corrected chi connectivity index (χ1v) is 8.48. The molecule has 1 N–H and O–H groups in total. The van der Waals surface area contributed by atoms with Crippen LogP contribution in [0.15, 0.2) is 48.7 Å². The van der Waals surface area contributed by atoms with E-state index in [1.165, 1.54) is 6.08 Å². The van der Waals surface area contributed by atoms with Crippen molar-refractivity contribution in [3.63, 3.8) is 0 Å². The highest BCUT2D eigenvalue weighted by Crippen LogP contribution is 2.33. The first kappa shape index (κ1) is 17.7. The third-order valence-electron chi connectivity index (χ3n) is 3.69. The van der Waals surface area contributed by atoms with Crippen molar-refractivity contribution >= 4 is 11.5 Å². The second kappa shape index (κ2) is 8.29. The van der Waals surface area contributed by atoms with Gasteiger partial charge in [-0.05, 0) is 44.2 Å². The predicted octanol–water partition coefficient (Wildman–Crippen LogP) is 4.02. The van der Waals surface area contributed by atoms with Gasteiger partial charge in [-0.25, -0.2) is 0 Å². The van der Waals surface area contributed by atoms with E-state index >= 15 is 0 Å². The zero-order chi connectivity index (χ0) is 18.4. The van der Waals surface area contributed by atoms with Crippen LogP contribution in [-0.4, -0.2) is 25.8 Å². The van der Waals surface area contributed by atoms with Gasteiger partial charge in [-0.2, -0.15) is 0 Å². The fourth-order valence-corrected chi connectivity index (χ4v) is 2.51. The Balaban J connectivity index is 1.71. The van der Waals surface area contributed by atoms with E-state index in [1.54, 1.807) is 24.4 Å². The molecule has 6 nitrogen and oxygen atoms in total. The van der Waals surface area contributed by atoms with Crippen LogP contribution in [0.25, 0.3) is 0 Å². The molecule has 0 unspecified atom stereocenters. The summed E-state index contributed by atoms with van der Waals surface area (Å²) in [5, 5.41) is 3.09. The van der Waals surface area contributed by atoms with Crippen LogP contribution in [0.5, 0.6) is 23.0 Å². The molecule has 0 atom stereocenters. The number of hydrogen-bond acceptors (Lipinski definition) is 6. The molecule has 2 aromatic carbocycles. The van der Waals surface area contributed by atoms with Gasteiger partial charge in [0.25, 0.3) is 0 Å². The minimum Gasteiger partial charge on any atom is -0.494 e. The van der Waals surface area contributed by atoms with Gasteiger partial charge in [0.15, 0.2) is 17.3 Å². The van der Waals surface area contributed by atoms with Gasteiger partial charge in [-0.3, -0.25) is 4.79 Å². The Labute approximate surface area is 152 Å². The Morgan fingerprint density at radius 2 is 1.88 bits per heavy atom. The van der Waals surface area contributed by atoms with Gasteiger partial charge in [-0.15, -0.1) is 0 Å². The average molecular weight is 355 g/mol. The van der Waals surface area contributed by atoms with Crippen molar-refractivity contribution in [2.45, 2.75) is 13.8 Å². The summed E-state index contributed by atoms with van der Waals surface area (Å²) in [6.07, 6.45) is 3.04. The van der Waals surface area contributed by atoms with Crippen LogP contribution in [0.2, 0.25) is 0 Å².